The van der Waals surface area contributed by atoms with E-state index in [1.165, 1.54) is 17.5 Å². The minimum absolute atomic E-state index is 0.185. The number of rotatable bonds is 2. The minimum Gasteiger partial charge on any atom is -0.344 e. The Morgan fingerprint density at radius 2 is 2.41 bits per heavy atom. The molecule has 5 heteroatoms. The van der Waals surface area contributed by atoms with Gasteiger partial charge in [0.1, 0.15) is 6.54 Å². The number of hydrogen-bond donors (Lipinski definition) is 1. The number of hydrogen-bond acceptors (Lipinski definition) is 4. The maximum atomic E-state index is 6.09. The summed E-state index contributed by atoms with van der Waals surface area (Å²) in [5.74, 6) is 1.32. The van der Waals surface area contributed by atoms with Crippen molar-refractivity contribution in [3.8, 4) is 0 Å². The Kier molecular flexibility index (Phi) is 2.48. The van der Waals surface area contributed by atoms with E-state index in [0.29, 0.717) is 18.3 Å². The molecular weight excluding hydrogens is 216 g/mol. The van der Waals surface area contributed by atoms with Crippen LogP contribution in [-0.2, 0) is 13.0 Å². The van der Waals surface area contributed by atoms with Crippen LogP contribution < -0.4 is 5.73 Å². The summed E-state index contributed by atoms with van der Waals surface area (Å²) in [6, 6.07) is 0.185. The van der Waals surface area contributed by atoms with Crippen LogP contribution in [0.4, 0.5) is 0 Å². The summed E-state index contributed by atoms with van der Waals surface area (Å²) in [5, 5.41) is 3.79. The molecule has 0 aromatic carbocycles. The Bertz CT molecular complexity index is 528. The van der Waals surface area contributed by atoms with Crippen molar-refractivity contribution in [3.05, 3.63) is 35.2 Å². The van der Waals surface area contributed by atoms with Crippen molar-refractivity contribution < 1.29 is 4.52 Å². The van der Waals surface area contributed by atoms with Gasteiger partial charge in [0.25, 0.3) is 0 Å². The fraction of sp³-hybridized carbons (Fsp3) is 0.500. The van der Waals surface area contributed by atoms with Gasteiger partial charge in [-0.25, -0.2) is 0 Å². The number of aromatic nitrogens is 3. The minimum atomic E-state index is 0.185. The fourth-order valence-corrected chi connectivity index (χ4v) is 2.44. The summed E-state index contributed by atoms with van der Waals surface area (Å²) in [6.07, 6.45) is 7.64. The largest absolute Gasteiger partial charge is 0.344 e. The molecule has 1 aliphatic rings. The van der Waals surface area contributed by atoms with Crippen LogP contribution in [-0.4, -0.2) is 14.7 Å². The van der Waals surface area contributed by atoms with E-state index >= 15 is 0 Å². The van der Waals surface area contributed by atoms with Crippen molar-refractivity contribution in [2.45, 2.75) is 38.8 Å². The van der Waals surface area contributed by atoms with Gasteiger partial charge in [0.05, 0.1) is 0 Å². The van der Waals surface area contributed by atoms with Gasteiger partial charge >= 0.3 is 0 Å². The van der Waals surface area contributed by atoms with Crippen LogP contribution >= 0.6 is 0 Å². The Morgan fingerprint density at radius 3 is 3.12 bits per heavy atom. The van der Waals surface area contributed by atoms with E-state index in [1.54, 1.807) is 0 Å². The molecule has 2 N–H and O–H groups in total. The zero-order chi connectivity index (χ0) is 11.8. The monoisotopic (exact) mass is 232 g/mol. The predicted molar refractivity (Wildman–Crippen MR) is 62.4 cm³/mol. The second-order valence-electron chi connectivity index (χ2n) is 4.65. The molecule has 0 saturated carbocycles. The summed E-state index contributed by atoms with van der Waals surface area (Å²) in [6.45, 7) is 2.45. The SMILES string of the molecule is Cc1noc(Cn2cc3c(c2)C(N)CCC3)n1. The lowest BCUT2D eigenvalue weighted by molar-refractivity contribution is 0.368. The van der Waals surface area contributed by atoms with Crippen molar-refractivity contribution in [2.75, 3.05) is 0 Å². The van der Waals surface area contributed by atoms with E-state index in [0.717, 1.165) is 12.8 Å². The lowest BCUT2D eigenvalue weighted by atomic mass is 9.92. The normalized spacial score (nSPS) is 19.3. The van der Waals surface area contributed by atoms with Crippen LogP contribution in [0, 0.1) is 6.92 Å². The van der Waals surface area contributed by atoms with Crippen LogP contribution in [0.1, 0.15) is 41.7 Å². The molecule has 2 aromatic rings. The van der Waals surface area contributed by atoms with Gasteiger partial charge in [-0.1, -0.05) is 5.16 Å². The number of nitrogens with zero attached hydrogens (tertiary/aromatic N) is 3. The third-order valence-electron chi connectivity index (χ3n) is 3.25. The number of fused-ring (bicyclic) bond motifs is 1. The van der Waals surface area contributed by atoms with Gasteiger partial charge < -0.3 is 14.8 Å². The lowest BCUT2D eigenvalue weighted by Crippen LogP contribution is -2.15. The van der Waals surface area contributed by atoms with Gasteiger partial charge in [-0.2, -0.15) is 4.98 Å². The van der Waals surface area contributed by atoms with Crippen molar-refractivity contribution in [2.24, 2.45) is 5.73 Å². The molecule has 0 fully saturated rings. The maximum absolute atomic E-state index is 6.09. The second-order valence-corrected chi connectivity index (χ2v) is 4.65. The molecule has 17 heavy (non-hydrogen) atoms. The summed E-state index contributed by atoms with van der Waals surface area (Å²) < 4.78 is 7.20. The van der Waals surface area contributed by atoms with Crippen LogP contribution in [0.5, 0.6) is 0 Å². The van der Waals surface area contributed by atoms with Gasteiger partial charge in [0.2, 0.25) is 5.89 Å². The van der Waals surface area contributed by atoms with Gasteiger partial charge in [0.15, 0.2) is 5.82 Å². The fourth-order valence-electron chi connectivity index (χ4n) is 2.44. The molecular formula is C12H16N4O. The topological polar surface area (TPSA) is 69.9 Å². The molecule has 0 aliphatic heterocycles. The molecule has 0 spiro atoms. The third kappa shape index (κ3) is 1.98. The standard InChI is InChI=1S/C12H16N4O/c1-8-14-12(17-15-8)7-16-5-9-3-2-4-11(13)10(9)6-16/h5-6,11H,2-4,7,13H2,1H3. The van der Waals surface area contributed by atoms with E-state index < -0.39 is 0 Å². The maximum Gasteiger partial charge on any atom is 0.246 e. The molecule has 2 aromatic heterocycles. The molecule has 1 aliphatic carbocycles. The molecule has 1 atom stereocenters. The molecule has 0 saturated heterocycles. The highest BCUT2D eigenvalue weighted by Crippen LogP contribution is 2.28. The van der Waals surface area contributed by atoms with E-state index in [2.05, 4.69) is 27.1 Å². The number of nitrogens with two attached hydrogens (primary N) is 1. The van der Waals surface area contributed by atoms with Crippen LogP contribution in [0.25, 0.3) is 0 Å². The third-order valence-corrected chi connectivity index (χ3v) is 3.25. The lowest BCUT2D eigenvalue weighted by Gasteiger charge is -2.17. The molecule has 0 radical (unpaired) electrons. The molecule has 2 heterocycles. The van der Waals surface area contributed by atoms with Crippen molar-refractivity contribution in [1.29, 1.82) is 0 Å². The molecule has 0 amide bonds. The van der Waals surface area contributed by atoms with Crippen LogP contribution in [0.2, 0.25) is 0 Å². The van der Waals surface area contributed by atoms with E-state index in [-0.39, 0.29) is 6.04 Å². The highest BCUT2D eigenvalue weighted by Gasteiger charge is 2.19. The molecule has 1 unspecified atom stereocenters. The van der Waals surface area contributed by atoms with Gasteiger partial charge in [0, 0.05) is 18.4 Å². The zero-order valence-corrected chi connectivity index (χ0v) is 9.89. The van der Waals surface area contributed by atoms with Crippen LogP contribution in [0.15, 0.2) is 16.9 Å². The predicted octanol–water partition coefficient (Wildman–Crippen LogP) is 1.56. The first-order valence-corrected chi connectivity index (χ1v) is 5.95. The van der Waals surface area contributed by atoms with Crippen molar-refractivity contribution in [3.63, 3.8) is 0 Å². The summed E-state index contributed by atoms with van der Waals surface area (Å²) in [4.78, 5) is 4.20. The zero-order valence-electron chi connectivity index (χ0n) is 9.89. The van der Waals surface area contributed by atoms with E-state index in [1.807, 2.05) is 6.92 Å². The quantitative estimate of drug-likeness (QED) is 0.853. The van der Waals surface area contributed by atoms with Crippen molar-refractivity contribution in [1.82, 2.24) is 14.7 Å². The molecule has 0 bridgehead atoms. The highest BCUT2D eigenvalue weighted by molar-refractivity contribution is 5.30. The first-order valence-electron chi connectivity index (χ1n) is 5.95. The highest BCUT2D eigenvalue weighted by atomic mass is 16.5. The summed E-state index contributed by atoms with van der Waals surface area (Å²) in [7, 11) is 0. The first kappa shape index (κ1) is 10.5. The smallest absolute Gasteiger partial charge is 0.246 e. The van der Waals surface area contributed by atoms with Gasteiger partial charge in [-0.05, 0) is 37.3 Å². The average molecular weight is 232 g/mol. The average Bonchev–Trinajstić information content (AvgIpc) is 2.86. The molecule has 3 rings (SSSR count). The molecule has 90 valence electrons. The number of aryl methyl sites for hydroxylation is 2. The van der Waals surface area contributed by atoms with Gasteiger partial charge in [-0.3, -0.25) is 0 Å². The van der Waals surface area contributed by atoms with Crippen molar-refractivity contribution >= 4 is 0 Å². The van der Waals surface area contributed by atoms with E-state index in [4.69, 9.17) is 10.3 Å². The Morgan fingerprint density at radius 1 is 1.53 bits per heavy atom. The summed E-state index contributed by atoms with van der Waals surface area (Å²) in [5.41, 5.74) is 8.72. The van der Waals surface area contributed by atoms with Crippen LogP contribution in [0.3, 0.4) is 0 Å². The Hall–Kier alpha value is -1.62. The Balaban J connectivity index is 1.85. The molecule has 5 nitrogen and oxygen atoms in total. The van der Waals surface area contributed by atoms with Gasteiger partial charge in [-0.15, -0.1) is 0 Å². The first-order chi connectivity index (χ1) is 8.22. The second kappa shape index (κ2) is 4.00. The summed E-state index contributed by atoms with van der Waals surface area (Å²) >= 11 is 0. The van der Waals surface area contributed by atoms with E-state index in [9.17, 15) is 0 Å². The Labute approximate surface area is 99.6 Å².